The van der Waals surface area contributed by atoms with Gasteiger partial charge in [0.1, 0.15) is 17.9 Å². The number of benzene rings is 1. The topological polar surface area (TPSA) is 83.6 Å². The zero-order valence-electron chi connectivity index (χ0n) is 18.0. The van der Waals surface area contributed by atoms with Crippen LogP contribution in [0.1, 0.15) is 53.6 Å². The van der Waals surface area contributed by atoms with Crippen LogP contribution in [0.25, 0.3) is 0 Å². The number of nitrogens with one attached hydrogen (secondary N) is 2. The molecule has 2 amide bonds. The number of pyridine rings is 1. The van der Waals surface area contributed by atoms with Gasteiger partial charge in [-0.15, -0.1) is 0 Å². The summed E-state index contributed by atoms with van der Waals surface area (Å²) in [5.41, 5.74) is 3.45. The van der Waals surface area contributed by atoms with Crippen LogP contribution in [0.2, 0.25) is 0 Å². The molecule has 32 heavy (non-hydrogen) atoms. The molecule has 3 heterocycles. The number of allylic oxidation sites excluding steroid dienone is 1. The summed E-state index contributed by atoms with van der Waals surface area (Å²) in [6, 6.07) is 9.52. The zero-order chi connectivity index (χ0) is 22.1. The molecule has 7 heteroatoms. The van der Waals surface area contributed by atoms with Crippen LogP contribution in [-0.2, 0) is 17.9 Å². The molecule has 7 nitrogen and oxygen atoms in total. The van der Waals surface area contributed by atoms with Gasteiger partial charge in [0.25, 0.3) is 5.91 Å². The maximum atomic E-state index is 12.9. The van der Waals surface area contributed by atoms with E-state index in [-0.39, 0.29) is 24.0 Å². The smallest absolute Gasteiger partial charge is 0.255 e. The lowest BCUT2D eigenvalue weighted by molar-refractivity contribution is -0.126. The summed E-state index contributed by atoms with van der Waals surface area (Å²) < 4.78 is 6.35. The summed E-state index contributed by atoms with van der Waals surface area (Å²) in [6.45, 7) is 5.02. The van der Waals surface area contributed by atoms with Gasteiger partial charge in [-0.3, -0.25) is 14.6 Å². The summed E-state index contributed by atoms with van der Waals surface area (Å²) in [6.07, 6.45) is 8.25. The number of piperidine rings is 1. The Morgan fingerprint density at radius 2 is 2.12 bits per heavy atom. The van der Waals surface area contributed by atoms with E-state index in [4.69, 9.17) is 4.74 Å². The molecule has 1 unspecified atom stereocenters. The summed E-state index contributed by atoms with van der Waals surface area (Å²) >= 11 is 0. The van der Waals surface area contributed by atoms with Gasteiger partial charge >= 0.3 is 0 Å². The third-order valence-electron chi connectivity index (χ3n) is 6.64. The van der Waals surface area contributed by atoms with Crippen LogP contribution in [-0.4, -0.2) is 39.9 Å². The standard InChI is InChI=1S/C25H28N4O3/c1-16-7-10-22(24(30)28-16)29-15-18-12-19(8-9-20(18)25(29)31)32-23-6-2-5-21(23)27-14-17-4-3-11-26-13-17/h3-4,8-9,11-13,21-23,27H,1-2,5-7,10,14-15H2,(H,28,30)/t21-,22?,23-/m0/s1. The average molecular weight is 433 g/mol. The Balaban J connectivity index is 1.24. The van der Waals surface area contributed by atoms with Gasteiger partial charge in [0.2, 0.25) is 5.91 Å². The summed E-state index contributed by atoms with van der Waals surface area (Å²) in [7, 11) is 0. The first-order chi connectivity index (χ1) is 15.6. The van der Waals surface area contributed by atoms with Gasteiger partial charge in [-0.2, -0.15) is 0 Å². The van der Waals surface area contributed by atoms with Gasteiger partial charge in [-0.25, -0.2) is 0 Å². The van der Waals surface area contributed by atoms with E-state index >= 15 is 0 Å². The van der Waals surface area contributed by atoms with Crippen LogP contribution >= 0.6 is 0 Å². The second-order valence-corrected chi connectivity index (χ2v) is 8.84. The maximum absolute atomic E-state index is 12.9. The second-order valence-electron chi connectivity index (χ2n) is 8.84. The molecular formula is C25H28N4O3. The minimum atomic E-state index is -0.444. The predicted molar refractivity (Wildman–Crippen MR) is 120 cm³/mol. The molecule has 0 radical (unpaired) electrons. The average Bonchev–Trinajstić information content (AvgIpc) is 3.37. The van der Waals surface area contributed by atoms with Crippen LogP contribution in [0.5, 0.6) is 5.75 Å². The van der Waals surface area contributed by atoms with Gasteiger partial charge in [-0.1, -0.05) is 12.6 Å². The fourth-order valence-corrected chi connectivity index (χ4v) is 4.93. The lowest BCUT2D eigenvalue weighted by Crippen LogP contribution is -2.49. The third-order valence-corrected chi connectivity index (χ3v) is 6.64. The number of amides is 2. The van der Waals surface area contributed by atoms with E-state index in [9.17, 15) is 9.59 Å². The first-order valence-electron chi connectivity index (χ1n) is 11.3. The highest BCUT2D eigenvalue weighted by Gasteiger charge is 2.38. The van der Waals surface area contributed by atoms with E-state index in [0.717, 1.165) is 42.7 Å². The number of hydrogen-bond donors (Lipinski definition) is 2. The molecule has 0 bridgehead atoms. The largest absolute Gasteiger partial charge is 0.489 e. The fraction of sp³-hybridized carbons (Fsp3) is 0.400. The molecule has 2 aromatic rings. The lowest BCUT2D eigenvalue weighted by atomic mass is 10.0. The Kier molecular flexibility index (Phi) is 5.66. The van der Waals surface area contributed by atoms with Crippen LogP contribution in [0.3, 0.4) is 0 Å². The van der Waals surface area contributed by atoms with E-state index in [0.29, 0.717) is 30.6 Å². The molecule has 3 atom stereocenters. The minimum Gasteiger partial charge on any atom is -0.489 e. The molecule has 166 valence electrons. The molecule has 2 N–H and O–H groups in total. The minimum absolute atomic E-state index is 0.0870. The molecule has 3 aliphatic rings. The van der Waals surface area contributed by atoms with Gasteiger partial charge in [0.05, 0.1) is 0 Å². The number of rotatable bonds is 6. The van der Waals surface area contributed by atoms with Crippen molar-refractivity contribution < 1.29 is 14.3 Å². The number of ether oxygens (including phenoxy) is 1. The molecule has 1 saturated heterocycles. The third kappa shape index (κ3) is 4.12. The molecule has 2 aliphatic heterocycles. The lowest BCUT2D eigenvalue weighted by Gasteiger charge is -2.30. The van der Waals surface area contributed by atoms with Gasteiger partial charge in [-0.05, 0) is 67.5 Å². The highest BCUT2D eigenvalue weighted by molar-refractivity contribution is 6.01. The zero-order valence-corrected chi connectivity index (χ0v) is 18.0. The normalized spacial score (nSPS) is 25.1. The molecule has 0 spiro atoms. The van der Waals surface area contributed by atoms with Crippen molar-refractivity contribution in [2.45, 2.75) is 63.4 Å². The monoisotopic (exact) mass is 432 g/mol. The number of aromatic nitrogens is 1. The second kappa shape index (κ2) is 8.74. The number of carbonyl (C=O) groups excluding carboxylic acids is 2. The van der Waals surface area contributed by atoms with Gasteiger partial charge < -0.3 is 20.3 Å². The van der Waals surface area contributed by atoms with Crippen LogP contribution in [0.4, 0.5) is 0 Å². The van der Waals surface area contributed by atoms with Crippen molar-refractivity contribution in [3.05, 3.63) is 71.7 Å². The Morgan fingerprint density at radius 1 is 1.22 bits per heavy atom. The Labute approximate surface area is 187 Å². The van der Waals surface area contributed by atoms with Crippen molar-refractivity contribution in [2.75, 3.05) is 0 Å². The van der Waals surface area contributed by atoms with Crippen molar-refractivity contribution in [3.8, 4) is 5.75 Å². The first-order valence-corrected chi connectivity index (χ1v) is 11.3. The molecule has 1 aromatic heterocycles. The number of carbonyl (C=O) groups is 2. The van der Waals surface area contributed by atoms with E-state index in [2.05, 4.69) is 28.3 Å². The molecule has 1 aromatic carbocycles. The van der Waals surface area contributed by atoms with Crippen molar-refractivity contribution >= 4 is 11.8 Å². The van der Waals surface area contributed by atoms with Gasteiger partial charge in [0.15, 0.2) is 0 Å². The Morgan fingerprint density at radius 3 is 2.94 bits per heavy atom. The summed E-state index contributed by atoms with van der Waals surface area (Å²) in [5.74, 6) is 0.545. The maximum Gasteiger partial charge on any atom is 0.255 e. The number of nitrogens with zero attached hydrogens (tertiary/aromatic N) is 2. The molecule has 2 fully saturated rings. The molecule has 5 rings (SSSR count). The predicted octanol–water partition coefficient (Wildman–Crippen LogP) is 2.92. The van der Waals surface area contributed by atoms with E-state index in [1.54, 1.807) is 11.1 Å². The number of hydrogen-bond acceptors (Lipinski definition) is 5. The van der Waals surface area contributed by atoms with Crippen molar-refractivity contribution in [2.24, 2.45) is 0 Å². The fourth-order valence-electron chi connectivity index (χ4n) is 4.93. The Bertz CT molecular complexity index is 1040. The quantitative estimate of drug-likeness (QED) is 0.733. The first kappa shape index (κ1) is 20.7. The molecule has 1 aliphatic carbocycles. The van der Waals surface area contributed by atoms with E-state index in [1.807, 2.05) is 30.5 Å². The molecular weight excluding hydrogens is 404 g/mol. The SMILES string of the molecule is C=C1CCC(N2Cc3cc(O[C@H]4CCC[C@@H]4NCc4cccnc4)ccc3C2=O)C(=O)N1. The summed E-state index contributed by atoms with van der Waals surface area (Å²) in [4.78, 5) is 31.1. The Hall–Kier alpha value is -3.19. The van der Waals surface area contributed by atoms with Crippen LogP contribution in [0, 0.1) is 0 Å². The van der Waals surface area contributed by atoms with Gasteiger partial charge in [0, 0.05) is 42.8 Å². The van der Waals surface area contributed by atoms with Crippen LogP contribution in [0.15, 0.2) is 55.0 Å². The van der Waals surface area contributed by atoms with Crippen molar-refractivity contribution in [1.82, 2.24) is 20.5 Å². The highest BCUT2D eigenvalue weighted by Crippen LogP contribution is 2.32. The van der Waals surface area contributed by atoms with E-state index < -0.39 is 6.04 Å². The highest BCUT2D eigenvalue weighted by atomic mass is 16.5. The van der Waals surface area contributed by atoms with Crippen molar-refractivity contribution in [3.63, 3.8) is 0 Å². The molecule has 1 saturated carbocycles. The number of fused-ring (bicyclic) bond motifs is 1. The van der Waals surface area contributed by atoms with Crippen molar-refractivity contribution in [1.29, 1.82) is 0 Å². The summed E-state index contributed by atoms with van der Waals surface area (Å²) in [5, 5.41) is 6.39. The van der Waals surface area contributed by atoms with Crippen LogP contribution < -0.4 is 15.4 Å². The van der Waals surface area contributed by atoms with E-state index in [1.165, 1.54) is 0 Å².